The maximum Gasteiger partial charge on any atom is 0.240 e. The molecule has 5 nitrogen and oxygen atoms in total. The average molecular weight is 300 g/mol. The van der Waals surface area contributed by atoms with Crippen LogP contribution in [0.2, 0.25) is 0 Å². The zero-order valence-corrected chi connectivity index (χ0v) is 12.7. The SMILES string of the molecule is C[C@]1(c2ccccc2)CC(=O)N(CCC(=O)NC2CC2)C1=O. The Morgan fingerprint density at radius 1 is 1.27 bits per heavy atom. The molecule has 1 aromatic carbocycles. The third-order valence-corrected chi connectivity index (χ3v) is 4.44. The van der Waals surface area contributed by atoms with Crippen molar-refractivity contribution in [2.75, 3.05) is 6.54 Å². The summed E-state index contributed by atoms with van der Waals surface area (Å²) in [6, 6.07) is 9.65. The Morgan fingerprint density at radius 2 is 1.95 bits per heavy atom. The molecule has 1 atom stereocenters. The summed E-state index contributed by atoms with van der Waals surface area (Å²) in [5.41, 5.74) is 0.0315. The second kappa shape index (κ2) is 5.55. The van der Waals surface area contributed by atoms with Gasteiger partial charge in [-0.3, -0.25) is 19.3 Å². The third kappa shape index (κ3) is 2.75. The highest BCUT2D eigenvalue weighted by atomic mass is 16.2. The monoisotopic (exact) mass is 300 g/mol. The summed E-state index contributed by atoms with van der Waals surface area (Å²) in [4.78, 5) is 37.8. The standard InChI is InChI=1S/C17H20N2O3/c1-17(12-5-3-2-4-6-12)11-15(21)19(16(17)22)10-9-14(20)18-13-7-8-13/h2-6,13H,7-11H2,1H3,(H,18,20)/t17-/m1/s1. The molecule has 116 valence electrons. The molecule has 3 amide bonds. The molecule has 1 saturated carbocycles. The van der Waals surface area contributed by atoms with E-state index in [-0.39, 0.29) is 37.1 Å². The van der Waals surface area contributed by atoms with E-state index in [0.717, 1.165) is 18.4 Å². The van der Waals surface area contributed by atoms with Gasteiger partial charge in [0.15, 0.2) is 0 Å². The average Bonchev–Trinajstić information content (AvgIpc) is 3.28. The summed E-state index contributed by atoms with van der Waals surface area (Å²) < 4.78 is 0. The molecule has 2 fully saturated rings. The number of likely N-dealkylation sites (tertiary alicyclic amines) is 1. The van der Waals surface area contributed by atoms with Gasteiger partial charge >= 0.3 is 0 Å². The van der Waals surface area contributed by atoms with E-state index in [4.69, 9.17) is 0 Å². The molecular weight excluding hydrogens is 280 g/mol. The van der Waals surface area contributed by atoms with Crippen LogP contribution in [0.3, 0.4) is 0 Å². The number of hydrogen-bond donors (Lipinski definition) is 1. The van der Waals surface area contributed by atoms with Crippen molar-refractivity contribution in [2.24, 2.45) is 0 Å². The number of nitrogens with one attached hydrogen (secondary N) is 1. The van der Waals surface area contributed by atoms with Crippen LogP contribution in [0, 0.1) is 0 Å². The van der Waals surface area contributed by atoms with E-state index in [0.29, 0.717) is 6.04 Å². The van der Waals surface area contributed by atoms with E-state index in [1.807, 2.05) is 30.3 Å². The summed E-state index contributed by atoms with van der Waals surface area (Å²) in [6.45, 7) is 1.96. The smallest absolute Gasteiger partial charge is 0.240 e. The van der Waals surface area contributed by atoms with Gasteiger partial charge in [-0.25, -0.2) is 0 Å². The number of hydrogen-bond acceptors (Lipinski definition) is 3. The number of rotatable bonds is 5. The first-order valence-electron chi connectivity index (χ1n) is 7.70. The van der Waals surface area contributed by atoms with Gasteiger partial charge in [-0.1, -0.05) is 30.3 Å². The lowest BCUT2D eigenvalue weighted by molar-refractivity contribution is -0.140. The number of imide groups is 1. The van der Waals surface area contributed by atoms with Gasteiger partial charge in [0, 0.05) is 25.4 Å². The second-order valence-electron chi connectivity index (χ2n) is 6.32. The predicted molar refractivity (Wildman–Crippen MR) is 80.9 cm³/mol. The number of amides is 3. The van der Waals surface area contributed by atoms with Gasteiger partial charge in [0.05, 0.1) is 5.41 Å². The summed E-state index contributed by atoms with van der Waals surface area (Å²) in [7, 11) is 0. The Hall–Kier alpha value is -2.17. The fraction of sp³-hybridized carbons (Fsp3) is 0.471. The first-order valence-corrected chi connectivity index (χ1v) is 7.70. The maximum atomic E-state index is 12.7. The molecule has 0 spiro atoms. The molecule has 1 aromatic rings. The minimum Gasteiger partial charge on any atom is -0.353 e. The van der Waals surface area contributed by atoms with Gasteiger partial charge in [0.2, 0.25) is 17.7 Å². The lowest BCUT2D eigenvalue weighted by Crippen LogP contribution is -2.39. The lowest BCUT2D eigenvalue weighted by Gasteiger charge is -2.22. The van der Waals surface area contributed by atoms with Gasteiger partial charge in [-0.15, -0.1) is 0 Å². The minimum atomic E-state index is -0.814. The molecule has 1 aliphatic heterocycles. The van der Waals surface area contributed by atoms with Crippen molar-refractivity contribution in [1.29, 1.82) is 0 Å². The molecule has 5 heteroatoms. The van der Waals surface area contributed by atoms with Gasteiger partial charge in [0.25, 0.3) is 0 Å². The molecule has 1 N–H and O–H groups in total. The Balaban J connectivity index is 1.67. The van der Waals surface area contributed by atoms with E-state index in [1.165, 1.54) is 4.90 Å². The molecule has 0 radical (unpaired) electrons. The highest BCUT2D eigenvalue weighted by molar-refractivity contribution is 6.09. The third-order valence-electron chi connectivity index (χ3n) is 4.44. The fourth-order valence-corrected chi connectivity index (χ4v) is 2.88. The number of carbonyl (C=O) groups excluding carboxylic acids is 3. The summed E-state index contributed by atoms with van der Waals surface area (Å²) >= 11 is 0. The van der Waals surface area contributed by atoms with E-state index in [1.54, 1.807) is 6.92 Å². The van der Waals surface area contributed by atoms with Crippen molar-refractivity contribution in [3.05, 3.63) is 35.9 Å². The molecule has 22 heavy (non-hydrogen) atoms. The minimum absolute atomic E-state index is 0.0867. The van der Waals surface area contributed by atoms with Crippen LogP contribution in [0.25, 0.3) is 0 Å². The van der Waals surface area contributed by atoms with Crippen LogP contribution in [-0.4, -0.2) is 35.2 Å². The number of carbonyl (C=O) groups is 3. The maximum absolute atomic E-state index is 12.7. The van der Waals surface area contributed by atoms with Gasteiger partial charge in [-0.05, 0) is 25.3 Å². The van der Waals surface area contributed by atoms with Crippen molar-refractivity contribution >= 4 is 17.7 Å². The highest BCUT2D eigenvalue weighted by Gasteiger charge is 2.49. The Morgan fingerprint density at radius 3 is 2.59 bits per heavy atom. The largest absolute Gasteiger partial charge is 0.353 e. The molecule has 1 heterocycles. The molecule has 2 aliphatic rings. The van der Waals surface area contributed by atoms with Crippen molar-refractivity contribution in [2.45, 2.75) is 44.1 Å². The summed E-state index contributed by atoms with van der Waals surface area (Å²) in [5, 5.41) is 2.87. The van der Waals surface area contributed by atoms with E-state index in [2.05, 4.69) is 5.32 Å². The van der Waals surface area contributed by atoms with Crippen LogP contribution in [-0.2, 0) is 19.8 Å². The molecule has 1 saturated heterocycles. The second-order valence-corrected chi connectivity index (χ2v) is 6.32. The summed E-state index contributed by atoms with van der Waals surface area (Å²) in [6.07, 6.45) is 2.40. The van der Waals surface area contributed by atoms with Gasteiger partial charge in [0.1, 0.15) is 0 Å². The predicted octanol–water partition coefficient (Wildman–Crippen LogP) is 1.37. The van der Waals surface area contributed by atoms with Crippen molar-refractivity contribution in [3.8, 4) is 0 Å². The molecular formula is C17H20N2O3. The van der Waals surface area contributed by atoms with Gasteiger partial charge in [-0.2, -0.15) is 0 Å². The van der Waals surface area contributed by atoms with Gasteiger partial charge < -0.3 is 5.32 Å². The van der Waals surface area contributed by atoms with E-state index >= 15 is 0 Å². The molecule has 1 aliphatic carbocycles. The Labute approximate surface area is 129 Å². The van der Waals surface area contributed by atoms with Crippen LogP contribution in [0.5, 0.6) is 0 Å². The number of nitrogens with zero attached hydrogens (tertiary/aromatic N) is 1. The zero-order chi connectivity index (χ0) is 15.7. The van der Waals surface area contributed by atoms with Crippen molar-refractivity contribution in [3.63, 3.8) is 0 Å². The van der Waals surface area contributed by atoms with Crippen LogP contribution in [0.4, 0.5) is 0 Å². The lowest BCUT2D eigenvalue weighted by atomic mass is 9.81. The van der Waals surface area contributed by atoms with Crippen LogP contribution in [0.15, 0.2) is 30.3 Å². The quantitative estimate of drug-likeness (QED) is 0.835. The van der Waals surface area contributed by atoms with Crippen molar-refractivity contribution < 1.29 is 14.4 Å². The van der Waals surface area contributed by atoms with Crippen LogP contribution < -0.4 is 5.32 Å². The zero-order valence-electron chi connectivity index (χ0n) is 12.7. The topological polar surface area (TPSA) is 66.5 Å². The van der Waals surface area contributed by atoms with E-state index in [9.17, 15) is 14.4 Å². The highest BCUT2D eigenvalue weighted by Crippen LogP contribution is 2.36. The fourth-order valence-electron chi connectivity index (χ4n) is 2.88. The Kier molecular flexibility index (Phi) is 3.72. The van der Waals surface area contributed by atoms with Crippen LogP contribution >= 0.6 is 0 Å². The molecule has 0 unspecified atom stereocenters. The first-order chi connectivity index (χ1) is 10.5. The normalized spacial score (nSPS) is 24.7. The van der Waals surface area contributed by atoms with Crippen molar-refractivity contribution in [1.82, 2.24) is 10.2 Å². The van der Waals surface area contributed by atoms with E-state index < -0.39 is 5.41 Å². The first kappa shape index (κ1) is 14.8. The number of benzene rings is 1. The molecule has 0 aromatic heterocycles. The molecule has 0 bridgehead atoms. The summed E-state index contributed by atoms with van der Waals surface area (Å²) in [5.74, 6) is -0.491. The van der Waals surface area contributed by atoms with Crippen LogP contribution in [0.1, 0.15) is 38.2 Å². The molecule has 3 rings (SSSR count). The Bertz CT molecular complexity index is 610.